The van der Waals surface area contributed by atoms with E-state index in [1.54, 1.807) is 30.1 Å². The fourth-order valence-electron chi connectivity index (χ4n) is 1.89. The molecule has 1 heterocycles. The summed E-state index contributed by atoms with van der Waals surface area (Å²) in [7, 11) is 1.65. The summed E-state index contributed by atoms with van der Waals surface area (Å²) < 4.78 is 37.9. The second kappa shape index (κ2) is 5.83. The first-order valence-electron chi connectivity index (χ1n) is 6.14. The monoisotopic (exact) mass is 291 g/mol. The fourth-order valence-corrected chi connectivity index (χ4v) is 1.89. The summed E-state index contributed by atoms with van der Waals surface area (Å²) in [5.41, 5.74) is 0.422. The van der Waals surface area contributed by atoms with Crippen LogP contribution in [0.4, 0.5) is 19.0 Å². The molecule has 0 radical (unpaired) electrons. The highest BCUT2D eigenvalue weighted by Crippen LogP contribution is 2.28. The van der Waals surface area contributed by atoms with E-state index in [0.29, 0.717) is 12.1 Å². The van der Waals surface area contributed by atoms with E-state index in [4.69, 9.17) is 5.26 Å². The van der Waals surface area contributed by atoms with Crippen molar-refractivity contribution in [3.63, 3.8) is 0 Å². The van der Waals surface area contributed by atoms with E-state index in [0.717, 1.165) is 11.6 Å². The summed E-state index contributed by atoms with van der Waals surface area (Å²) in [5.74, 6) is 0.229. The number of benzene rings is 1. The minimum atomic E-state index is -4.46. The van der Waals surface area contributed by atoms with E-state index >= 15 is 0 Å². The van der Waals surface area contributed by atoms with Gasteiger partial charge in [0.05, 0.1) is 11.6 Å². The Morgan fingerprint density at radius 3 is 2.57 bits per heavy atom. The molecule has 3 nitrogen and oxygen atoms in total. The van der Waals surface area contributed by atoms with Crippen molar-refractivity contribution >= 4 is 5.82 Å². The maximum absolute atomic E-state index is 12.6. The van der Waals surface area contributed by atoms with Gasteiger partial charge in [0.25, 0.3) is 0 Å². The van der Waals surface area contributed by atoms with Gasteiger partial charge >= 0.3 is 6.18 Å². The quantitative estimate of drug-likeness (QED) is 0.867. The Kier molecular flexibility index (Phi) is 4.13. The first kappa shape index (κ1) is 14.9. The van der Waals surface area contributed by atoms with Gasteiger partial charge in [-0.05, 0) is 29.8 Å². The van der Waals surface area contributed by atoms with E-state index < -0.39 is 11.9 Å². The minimum absolute atomic E-state index is 0.229. The molecule has 21 heavy (non-hydrogen) atoms. The molecule has 1 aromatic heterocycles. The van der Waals surface area contributed by atoms with Crippen LogP contribution in [0.25, 0.3) is 0 Å². The molecule has 0 saturated carbocycles. The number of nitrogens with zero attached hydrogens (tertiary/aromatic N) is 3. The van der Waals surface area contributed by atoms with Crippen molar-refractivity contribution in [3.05, 3.63) is 59.3 Å². The molecule has 0 bridgehead atoms. The van der Waals surface area contributed by atoms with Crippen molar-refractivity contribution in [1.82, 2.24) is 4.98 Å². The molecule has 6 heteroatoms. The molecular formula is C15H12F3N3. The van der Waals surface area contributed by atoms with Gasteiger partial charge in [0, 0.05) is 13.6 Å². The highest BCUT2D eigenvalue weighted by molar-refractivity contribution is 5.41. The lowest BCUT2D eigenvalue weighted by atomic mass is 10.1. The predicted octanol–water partition coefficient (Wildman–Crippen LogP) is 3.61. The summed E-state index contributed by atoms with van der Waals surface area (Å²) in [6.07, 6.45) is -4.46. The largest absolute Gasteiger partial charge is 0.433 e. The Morgan fingerprint density at radius 2 is 1.90 bits per heavy atom. The van der Waals surface area contributed by atoms with Crippen molar-refractivity contribution in [2.75, 3.05) is 11.9 Å². The number of nitriles is 1. The lowest BCUT2D eigenvalue weighted by Gasteiger charge is -2.19. The highest BCUT2D eigenvalue weighted by Gasteiger charge is 2.32. The van der Waals surface area contributed by atoms with Gasteiger partial charge in [-0.1, -0.05) is 18.2 Å². The topological polar surface area (TPSA) is 39.9 Å². The molecule has 0 spiro atoms. The zero-order chi connectivity index (χ0) is 15.5. The number of aromatic nitrogens is 1. The number of rotatable bonds is 3. The molecule has 2 rings (SSSR count). The van der Waals surface area contributed by atoms with E-state index in [9.17, 15) is 13.2 Å². The number of pyridine rings is 1. The smallest absolute Gasteiger partial charge is 0.355 e. The maximum atomic E-state index is 12.6. The van der Waals surface area contributed by atoms with E-state index in [-0.39, 0.29) is 5.82 Å². The zero-order valence-corrected chi connectivity index (χ0v) is 11.2. The molecule has 0 aliphatic carbocycles. The molecule has 0 aliphatic rings. The number of alkyl halides is 3. The first-order chi connectivity index (χ1) is 9.90. The van der Waals surface area contributed by atoms with Crippen LogP contribution in [-0.4, -0.2) is 12.0 Å². The zero-order valence-electron chi connectivity index (χ0n) is 11.2. The van der Waals surface area contributed by atoms with Crippen molar-refractivity contribution in [3.8, 4) is 6.07 Å². The lowest BCUT2D eigenvalue weighted by molar-refractivity contribution is -0.141. The predicted molar refractivity (Wildman–Crippen MR) is 72.5 cm³/mol. The SMILES string of the molecule is CN(Cc1cccc(C#N)c1)c1cccc(C(F)(F)F)n1. The molecule has 0 saturated heterocycles. The lowest BCUT2D eigenvalue weighted by Crippen LogP contribution is -2.19. The summed E-state index contributed by atoms with van der Waals surface area (Å²) in [6, 6.07) is 12.7. The Morgan fingerprint density at radius 1 is 1.19 bits per heavy atom. The van der Waals surface area contributed by atoms with Crippen molar-refractivity contribution < 1.29 is 13.2 Å². The van der Waals surface area contributed by atoms with Crippen LogP contribution in [-0.2, 0) is 12.7 Å². The number of halogens is 3. The normalized spacial score (nSPS) is 11.0. The molecule has 0 N–H and O–H groups in total. The van der Waals surface area contributed by atoms with Crippen molar-refractivity contribution in [2.45, 2.75) is 12.7 Å². The van der Waals surface area contributed by atoms with Crippen LogP contribution in [0.3, 0.4) is 0 Å². The Bertz CT molecular complexity index is 674. The van der Waals surface area contributed by atoms with Crippen molar-refractivity contribution in [2.24, 2.45) is 0 Å². The standard InChI is InChI=1S/C15H12F3N3/c1-21(10-12-5-2-4-11(8-12)9-19)14-7-3-6-13(20-14)15(16,17)18/h2-8H,10H2,1H3. The Balaban J connectivity index is 2.20. The summed E-state index contributed by atoms with van der Waals surface area (Å²) >= 11 is 0. The Labute approximate surface area is 120 Å². The average molecular weight is 291 g/mol. The molecule has 1 aromatic carbocycles. The van der Waals surface area contributed by atoms with Crippen LogP contribution < -0.4 is 4.90 Å². The molecule has 2 aromatic rings. The van der Waals surface area contributed by atoms with Gasteiger partial charge < -0.3 is 4.90 Å². The van der Waals surface area contributed by atoms with Crippen LogP contribution in [0.2, 0.25) is 0 Å². The summed E-state index contributed by atoms with van der Waals surface area (Å²) in [4.78, 5) is 5.22. The average Bonchev–Trinajstić information content (AvgIpc) is 2.46. The van der Waals surface area contributed by atoms with Gasteiger partial charge in [-0.3, -0.25) is 0 Å². The number of hydrogen-bond acceptors (Lipinski definition) is 3. The minimum Gasteiger partial charge on any atom is -0.355 e. The van der Waals surface area contributed by atoms with Crippen LogP contribution in [0.15, 0.2) is 42.5 Å². The molecule has 108 valence electrons. The second-order valence-electron chi connectivity index (χ2n) is 4.55. The van der Waals surface area contributed by atoms with Gasteiger partial charge in [-0.25, -0.2) is 4.98 Å². The molecule has 0 aliphatic heterocycles. The number of anilines is 1. The fraction of sp³-hybridized carbons (Fsp3) is 0.200. The van der Waals surface area contributed by atoms with Crippen LogP contribution in [0.5, 0.6) is 0 Å². The maximum Gasteiger partial charge on any atom is 0.433 e. The van der Waals surface area contributed by atoms with Crippen LogP contribution in [0, 0.1) is 11.3 Å². The van der Waals surface area contributed by atoms with Crippen molar-refractivity contribution in [1.29, 1.82) is 5.26 Å². The van der Waals surface area contributed by atoms with E-state index in [1.807, 2.05) is 12.1 Å². The molecule has 0 atom stereocenters. The highest BCUT2D eigenvalue weighted by atomic mass is 19.4. The van der Waals surface area contributed by atoms with Gasteiger partial charge in [-0.2, -0.15) is 18.4 Å². The van der Waals surface area contributed by atoms with Crippen LogP contribution >= 0.6 is 0 Å². The summed E-state index contributed by atoms with van der Waals surface area (Å²) in [5, 5.41) is 8.84. The molecule has 0 unspecified atom stereocenters. The second-order valence-corrected chi connectivity index (χ2v) is 4.55. The van der Waals surface area contributed by atoms with Gasteiger partial charge in [-0.15, -0.1) is 0 Å². The molecule has 0 fully saturated rings. The third kappa shape index (κ3) is 3.72. The Hall–Kier alpha value is -2.55. The first-order valence-corrected chi connectivity index (χ1v) is 6.14. The van der Waals surface area contributed by atoms with Gasteiger partial charge in [0.2, 0.25) is 0 Å². The third-order valence-corrected chi connectivity index (χ3v) is 2.89. The van der Waals surface area contributed by atoms with Gasteiger partial charge in [0.15, 0.2) is 0 Å². The van der Waals surface area contributed by atoms with E-state index in [1.165, 1.54) is 12.1 Å². The van der Waals surface area contributed by atoms with Gasteiger partial charge in [0.1, 0.15) is 11.5 Å². The third-order valence-electron chi connectivity index (χ3n) is 2.89. The number of hydrogen-bond donors (Lipinski definition) is 0. The molecule has 0 amide bonds. The van der Waals surface area contributed by atoms with Crippen LogP contribution in [0.1, 0.15) is 16.8 Å². The summed E-state index contributed by atoms with van der Waals surface area (Å²) in [6.45, 7) is 0.365. The molecular weight excluding hydrogens is 279 g/mol. The van der Waals surface area contributed by atoms with E-state index in [2.05, 4.69) is 4.98 Å².